The SMILES string of the molecule is CCC[C@H](N)c1ccc(F)cc1Br. The molecule has 0 aliphatic carbocycles. The molecule has 72 valence electrons. The molecule has 1 atom stereocenters. The van der Waals surface area contributed by atoms with E-state index in [0.29, 0.717) is 0 Å². The molecule has 0 aliphatic rings. The first-order valence-electron chi connectivity index (χ1n) is 4.35. The fraction of sp³-hybridized carbons (Fsp3) is 0.400. The van der Waals surface area contributed by atoms with Crippen molar-refractivity contribution in [3.05, 3.63) is 34.1 Å². The molecule has 0 spiro atoms. The van der Waals surface area contributed by atoms with Gasteiger partial charge in [0.1, 0.15) is 5.82 Å². The normalized spacial score (nSPS) is 12.9. The summed E-state index contributed by atoms with van der Waals surface area (Å²) in [6.07, 6.45) is 1.95. The summed E-state index contributed by atoms with van der Waals surface area (Å²) in [5, 5.41) is 0. The van der Waals surface area contributed by atoms with Gasteiger partial charge in [0.25, 0.3) is 0 Å². The molecule has 1 aromatic carbocycles. The fourth-order valence-electron chi connectivity index (χ4n) is 1.27. The smallest absolute Gasteiger partial charge is 0.124 e. The highest BCUT2D eigenvalue weighted by atomic mass is 79.9. The maximum absolute atomic E-state index is 12.7. The van der Waals surface area contributed by atoms with Gasteiger partial charge in [-0.25, -0.2) is 4.39 Å². The van der Waals surface area contributed by atoms with Gasteiger partial charge in [0.2, 0.25) is 0 Å². The molecule has 1 aromatic rings. The average molecular weight is 246 g/mol. The Morgan fingerprint density at radius 1 is 1.54 bits per heavy atom. The van der Waals surface area contributed by atoms with E-state index in [2.05, 4.69) is 22.9 Å². The van der Waals surface area contributed by atoms with Gasteiger partial charge in [-0.15, -0.1) is 0 Å². The highest BCUT2D eigenvalue weighted by Gasteiger charge is 2.08. The molecular weight excluding hydrogens is 233 g/mol. The van der Waals surface area contributed by atoms with Crippen LogP contribution in [0, 0.1) is 5.82 Å². The van der Waals surface area contributed by atoms with Crippen molar-refractivity contribution in [2.75, 3.05) is 0 Å². The van der Waals surface area contributed by atoms with E-state index in [-0.39, 0.29) is 11.9 Å². The number of rotatable bonds is 3. The van der Waals surface area contributed by atoms with Crippen molar-refractivity contribution in [2.24, 2.45) is 5.73 Å². The lowest BCUT2D eigenvalue weighted by atomic mass is 10.0. The van der Waals surface area contributed by atoms with Crippen LogP contribution in [0.3, 0.4) is 0 Å². The van der Waals surface area contributed by atoms with Gasteiger partial charge in [-0.1, -0.05) is 35.3 Å². The molecule has 2 N–H and O–H groups in total. The quantitative estimate of drug-likeness (QED) is 0.869. The second kappa shape index (κ2) is 4.72. The molecule has 0 saturated heterocycles. The van der Waals surface area contributed by atoms with E-state index in [9.17, 15) is 4.39 Å². The molecule has 0 saturated carbocycles. The summed E-state index contributed by atoms with van der Waals surface area (Å²) in [5.74, 6) is -0.237. The Kier molecular flexibility index (Phi) is 3.88. The fourth-order valence-corrected chi connectivity index (χ4v) is 1.91. The summed E-state index contributed by atoms with van der Waals surface area (Å²) in [4.78, 5) is 0. The van der Waals surface area contributed by atoms with Crippen LogP contribution in [0.15, 0.2) is 22.7 Å². The summed E-state index contributed by atoms with van der Waals surface area (Å²) in [6, 6.07) is 4.63. The van der Waals surface area contributed by atoms with E-state index >= 15 is 0 Å². The predicted molar refractivity (Wildman–Crippen MR) is 55.9 cm³/mol. The topological polar surface area (TPSA) is 26.0 Å². The molecule has 0 aliphatic heterocycles. The molecule has 0 unspecified atom stereocenters. The van der Waals surface area contributed by atoms with Gasteiger partial charge < -0.3 is 5.73 Å². The lowest BCUT2D eigenvalue weighted by Gasteiger charge is -2.12. The molecule has 0 heterocycles. The van der Waals surface area contributed by atoms with Crippen LogP contribution in [0.2, 0.25) is 0 Å². The first kappa shape index (κ1) is 10.7. The summed E-state index contributed by atoms with van der Waals surface area (Å²) < 4.78 is 13.5. The number of benzene rings is 1. The Bertz CT molecular complexity index is 288. The Hall–Kier alpha value is -0.410. The third-order valence-electron chi connectivity index (χ3n) is 1.96. The van der Waals surface area contributed by atoms with E-state index in [4.69, 9.17) is 5.73 Å². The van der Waals surface area contributed by atoms with Gasteiger partial charge in [-0.3, -0.25) is 0 Å². The Morgan fingerprint density at radius 2 is 2.23 bits per heavy atom. The number of hydrogen-bond donors (Lipinski definition) is 1. The summed E-state index contributed by atoms with van der Waals surface area (Å²) in [6.45, 7) is 2.08. The molecule has 1 nitrogen and oxygen atoms in total. The van der Waals surface area contributed by atoms with Crippen LogP contribution in [0.4, 0.5) is 4.39 Å². The second-order valence-electron chi connectivity index (χ2n) is 3.06. The van der Waals surface area contributed by atoms with Crippen LogP contribution in [-0.2, 0) is 0 Å². The standard InChI is InChI=1S/C10H13BrFN/c1-2-3-10(13)8-5-4-7(12)6-9(8)11/h4-6,10H,2-3,13H2,1H3/t10-/m0/s1. The summed E-state index contributed by atoms with van der Waals surface area (Å²) >= 11 is 3.30. The summed E-state index contributed by atoms with van der Waals surface area (Å²) in [7, 11) is 0. The highest BCUT2D eigenvalue weighted by molar-refractivity contribution is 9.10. The molecule has 0 radical (unpaired) electrons. The molecule has 0 fully saturated rings. The van der Waals surface area contributed by atoms with Gasteiger partial charge >= 0.3 is 0 Å². The van der Waals surface area contributed by atoms with Crippen LogP contribution in [0.25, 0.3) is 0 Å². The third-order valence-corrected chi connectivity index (χ3v) is 2.65. The van der Waals surface area contributed by atoms with E-state index in [0.717, 1.165) is 22.9 Å². The monoisotopic (exact) mass is 245 g/mol. The second-order valence-corrected chi connectivity index (χ2v) is 3.92. The van der Waals surface area contributed by atoms with Crippen molar-refractivity contribution in [3.8, 4) is 0 Å². The minimum Gasteiger partial charge on any atom is -0.324 e. The first-order chi connectivity index (χ1) is 6.15. The van der Waals surface area contributed by atoms with Crippen molar-refractivity contribution in [2.45, 2.75) is 25.8 Å². The maximum atomic E-state index is 12.7. The van der Waals surface area contributed by atoms with Crippen LogP contribution >= 0.6 is 15.9 Å². The van der Waals surface area contributed by atoms with E-state index < -0.39 is 0 Å². The Morgan fingerprint density at radius 3 is 2.77 bits per heavy atom. The summed E-state index contributed by atoms with van der Waals surface area (Å²) in [5.41, 5.74) is 6.88. The molecular formula is C10H13BrFN. The van der Waals surface area contributed by atoms with Gasteiger partial charge in [-0.05, 0) is 24.1 Å². The number of hydrogen-bond acceptors (Lipinski definition) is 1. The van der Waals surface area contributed by atoms with Crippen molar-refractivity contribution in [3.63, 3.8) is 0 Å². The van der Waals surface area contributed by atoms with E-state index in [1.165, 1.54) is 12.1 Å². The number of halogens is 2. The van der Waals surface area contributed by atoms with E-state index in [1.807, 2.05) is 0 Å². The maximum Gasteiger partial charge on any atom is 0.124 e. The van der Waals surface area contributed by atoms with Crippen LogP contribution < -0.4 is 5.73 Å². The molecule has 0 aromatic heterocycles. The largest absolute Gasteiger partial charge is 0.324 e. The molecule has 3 heteroatoms. The average Bonchev–Trinajstić information content (AvgIpc) is 2.04. The minimum absolute atomic E-state index is 0.0000231. The van der Waals surface area contributed by atoms with Gasteiger partial charge in [-0.2, -0.15) is 0 Å². The highest BCUT2D eigenvalue weighted by Crippen LogP contribution is 2.25. The zero-order valence-electron chi connectivity index (χ0n) is 7.56. The lowest BCUT2D eigenvalue weighted by molar-refractivity contribution is 0.613. The van der Waals surface area contributed by atoms with Gasteiger partial charge in [0, 0.05) is 10.5 Å². The zero-order valence-corrected chi connectivity index (χ0v) is 9.14. The van der Waals surface area contributed by atoms with Crippen molar-refractivity contribution < 1.29 is 4.39 Å². The van der Waals surface area contributed by atoms with Crippen LogP contribution in [-0.4, -0.2) is 0 Å². The zero-order chi connectivity index (χ0) is 9.84. The predicted octanol–water partition coefficient (Wildman–Crippen LogP) is 3.39. The van der Waals surface area contributed by atoms with Gasteiger partial charge in [0.15, 0.2) is 0 Å². The van der Waals surface area contributed by atoms with Crippen molar-refractivity contribution >= 4 is 15.9 Å². The van der Waals surface area contributed by atoms with Crippen LogP contribution in [0.1, 0.15) is 31.4 Å². The third kappa shape index (κ3) is 2.78. The van der Waals surface area contributed by atoms with Crippen molar-refractivity contribution in [1.29, 1.82) is 0 Å². The van der Waals surface area contributed by atoms with Crippen molar-refractivity contribution in [1.82, 2.24) is 0 Å². The lowest BCUT2D eigenvalue weighted by Crippen LogP contribution is -2.10. The van der Waals surface area contributed by atoms with E-state index in [1.54, 1.807) is 6.07 Å². The molecule has 0 bridgehead atoms. The Balaban J connectivity index is 2.88. The minimum atomic E-state index is -0.237. The molecule has 13 heavy (non-hydrogen) atoms. The first-order valence-corrected chi connectivity index (χ1v) is 5.15. The van der Waals surface area contributed by atoms with Gasteiger partial charge in [0.05, 0.1) is 0 Å². The molecule has 1 rings (SSSR count). The molecule has 0 amide bonds. The Labute approximate surface area is 86.3 Å². The number of nitrogens with two attached hydrogens (primary N) is 1. The van der Waals surface area contributed by atoms with Crippen LogP contribution in [0.5, 0.6) is 0 Å².